The molecule has 1 fully saturated rings. The number of anilines is 1. The molecule has 1 aromatic carbocycles. The molecule has 102 valence electrons. The number of amides is 2. The molecule has 1 unspecified atom stereocenters. The second-order valence-corrected chi connectivity index (χ2v) is 5.41. The molecule has 2 rings (SSSR count). The van der Waals surface area contributed by atoms with Crippen molar-refractivity contribution in [3.63, 3.8) is 0 Å². The number of piperidine rings is 1. The van der Waals surface area contributed by atoms with E-state index in [0.717, 1.165) is 12.8 Å². The van der Waals surface area contributed by atoms with Gasteiger partial charge in [-0.25, -0.2) is 0 Å². The molecule has 5 nitrogen and oxygen atoms in total. The normalized spacial score (nSPS) is 19.2. The molecule has 1 heterocycles. The molecule has 1 aliphatic rings. The average Bonchev–Trinajstić information content (AvgIpc) is 2.41. The van der Waals surface area contributed by atoms with E-state index in [1.54, 1.807) is 23.1 Å². The van der Waals surface area contributed by atoms with E-state index in [-0.39, 0.29) is 5.91 Å². The maximum absolute atomic E-state index is 12.5. The Morgan fingerprint density at radius 2 is 2.05 bits per heavy atom. The topological polar surface area (TPSA) is 89.4 Å². The average molecular weight is 326 g/mol. The summed E-state index contributed by atoms with van der Waals surface area (Å²) < 4.78 is 0.564. The van der Waals surface area contributed by atoms with Gasteiger partial charge in [-0.2, -0.15) is 0 Å². The number of carbonyl (C=O) groups is 2. The third kappa shape index (κ3) is 2.73. The first-order valence-corrected chi connectivity index (χ1v) is 6.96. The minimum Gasteiger partial charge on any atom is -0.398 e. The SMILES string of the molecule is NC(=O)C1CCCCN1C(=O)c1cccc(N)c1Br. The highest BCUT2D eigenvalue weighted by atomic mass is 79.9. The van der Waals surface area contributed by atoms with Gasteiger partial charge in [0.25, 0.3) is 5.91 Å². The highest BCUT2D eigenvalue weighted by Crippen LogP contribution is 2.27. The van der Waals surface area contributed by atoms with E-state index >= 15 is 0 Å². The lowest BCUT2D eigenvalue weighted by Gasteiger charge is -2.34. The Morgan fingerprint density at radius 1 is 1.32 bits per heavy atom. The summed E-state index contributed by atoms with van der Waals surface area (Å²) in [5, 5.41) is 0. The van der Waals surface area contributed by atoms with Crippen LogP contribution in [0.1, 0.15) is 29.6 Å². The number of benzene rings is 1. The molecule has 0 bridgehead atoms. The summed E-state index contributed by atoms with van der Waals surface area (Å²) >= 11 is 3.32. The fraction of sp³-hybridized carbons (Fsp3) is 0.385. The van der Waals surface area contributed by atoms with Gasteiger partial charge in [0.15, 0.2) is 0 Å². The number of hydrogen-bond acceptors (Lipinski definition) is 3. The van der Waals surface area contributed by atoms with Crippen molar-refractivity contribution >= 4 is 33.4 Å². The first-order chi connectivity index (χ1) is 9.02. The number of likely N-dealkylation sites (tertiary alicyclic amines) is 1. The molecule has 0 saturated carbocycles. The zero-order valence-corrected chi connectivity index (χ0v) is 12.0. The standard InChI is InChI=1S/C13H16BrN3O2/c14-11-8(4-3-5-9(11)15)13(19)17-7-2-1-6-10(17)12(16)18/h3-5,10H,1-2,6-7,15H2,(H2,16,18). The number of hydrogen-bond donors (Lipinski definition) is 2. The van der Waals surface area contributed by atoms with Crippen molar-refractivity contribution in [1.29, 1.82) is 0 Å². The van der Waals surface area contributed by atoms with Crippen LogP contribution in [0.5, 0.6) is 0 Å². The number of nitrogen functional groups attached to an aromatic ring is 1. The number of primary amides is 1. The molecular weight excluding hydrogens is 310 g/mol. The molecule has 2 amide bonds. The molecular formula is C13H16BrN3O2. The Kier molecular flexibility index (Phi) is 4.09. The first kappa shape index (κ1) is 13.9. The van der Waals surface area contributed by atoms with Crippen molar-refractivity contribution < 1.29 is 9.59 Å². The number of carbonyl (C=O) groups excluding carboxylic acids is 2. The van der Waals surface area contributed by atoms with Gasteiger partial charge in [-0.15, -0.1) is 0 Å². The summed E-state index contributed by atoms with van der Waals surface area (Å²) in [6.07, 6.45) is 2.42. The van der Waals surface area contributed by atoms with Crippen molar-refractivity contribution in [2.75, 3.05) is 12.3 Å². The molecule has 1 atom stereocenters. The summed E-state index contributed by atoms with van der Waals surface area (Å²) in [6, 6.07) is 4.60. The van der Waals surface area contributed by atoms with Gasteiger partial charge < -0.3 is 16.4 Å². The zero-order chi connectivity index (χ0) is 14.0. The Bertz CT molecular complexity index is 519. The van der Waals surface area contributed by atoms with Crippen molar-refractivity contribution in [1.82, 2.24) is 4.90 Å². The number of halogens is 1. The second-order valence-electron chi connectivity index (χ2n) is 4.62. The molecule has 1 aromatic rings. The lowest BCUT2D eigenvalue weighted by Crippen LogP contribution is -2.50. The molecule has 0 spiro atoms. The fourth-order valence-corrected chi connectivity index (χ4v) is 2.77. The number of rotatable bonds is 2. The van der Waals surface area contributed by atoms with E-state index in [9.17, 15) is 9.59 Å². The summed E-state index contributed by atoms with van der Waals surface area (Å²) in [7, 11) is 0. The van der Waals surface area contributed by atoms with E-state index in [4.69, 9.17) is 11.5 Å². The first-order valence-electron chi connectivity index (χ1n) is 6.16. The number of nitrogens with two attached hydrogens (primary N) is 2. The molecule has 0 aromatic heterocycles. The molecule has 4 N–H and O–H groups in total. The highest BCUT2D eigenvalue weighted by molar-refractivity contribution is 9.10. The molecule has 19 heavy (non-hydrogen) atoms. The Balaban J connectivity index is 2.31. The summed E-state index contributed by atoms with van der Waals surface area (Å²) in [5.41, 5.74) is 12.1. The van der Waals surface area contributed by atoms with E-state index in [1.807, 2.05) is 0 Å². The van der Waals surface area contributed by atoms with Crippen molar-refractivity contribution in [3.8, 4) is 0 Å². The third-order valence-electron chi connectivity index (χ3n) is 3.35. The van der Waals surface area contributed by atoms with E-state index < -0.39 is 11.9 Å². The predicted octanol–water partition coefficient (Wildman–Crippen LogP) is 1.51. The minimum atomic E-state index is -0.519. The van der Waals surface area contributed by atoms with Gasteiger partial charge in [-0.1, -0.05) is 6.07 Å². The maximum atomic E-state index is 12.5. The van der Waals surface area contributed by atoms with Crippen LogP contribution in [0.2, 0.25) is 0 Å². The van der Waals surface area contributed by atoms with Crippen LogP contribution in [0.3, 0.4) is 0 Å². The van der Waals surface area contributed by atoms with E-state index in [2.05, 4.69) is 15.9 Å². The van der Waals surface area contributed by atoms with Crippen LogP contribution in [0.15, 0.2) is 22.7 Å². The number of nitrogens with zero attached hydrogens (tertiary/aromatic N) is 1. The van der Waals surface area contributed by atoms with Gasteiger partial charge in [0.1, 0.15) is 6.04 Å². The summed E-state index contributed by atoms with van der Waals surface area (Å²) in [5.74, 6) is -0.657. The van der Waals surface area contributed by atoms with Crippen LogP contribution in [0.4, 0.5) is 5.69 Å². The van der Waals surface area contributed by atoms with Crippen molar-refractivity contribution in [2.45, 2.75) is 25.3 Å². The lowest BCUT2D eigenvalue weighted by atomic mass is 10.00. The molecule has 0 aliphatic carbocycles. The Hall–Kier alpha value is -1.56. The predicted molar refractivity (Wildman–Crippen MR) is 76.4 cm³/mol. The van der Waals surface area contributed by atoms with Gasteiger partial charge >= 0.3 is 0 Å². The highest BCUT2D eigenvalue weighted by Gasteiger charge is 2.32. The van der Waals surface area contributed by atoms with Crippen LogP contribution in [0.25, 0.3) is 0 Å². The van der Waals surface area contributed by atoms with Gasteiger partial charge in [-0.05, 0) is 47.3 Å². The monoisotopic (exact) mass is 325 g/mol. The molecule has 0 radical (unpaired) electrons. The largest absolute Gasteiger partial charge is 0.398 e. The second kappa shape index (κ2) is 5.61. The van der Waals surface area contributed by atoms with E-state index in [1.165, 1.54) is 0 Å². The lowest BCUT2D eigenvalue weighted by molar-refractivity contribution is -0.123. The fourth-order valence-electron chi connectivity index (χ4n) is 2.34. The molecule has 1 aliphatic heterocycles. The Labute approximate surface area is 120 Å². The van der Waals surface area contributed by atoms with Crippen LogP contribution < -0.4 is 11.5 Å². The molecule has 1 saturated heterocycles. The van der Waals surface area contributed by atoms with Crippen LogP contribution in [-0.2, 0) is 4.79 Å². The third-order valence-corrected chi connectivity index (χ3v) is 4.24. The van der Waals surface area contributed by atoms with Crippen LogP contribution in [0, 0.1) is 0 Å². The van der Waals surface area contributed by atoms with Gasteiger partial charge in [0.2, 0.25) is 5.91 Å². The van der Waals surface area contributed by atoms with Crippen molar-refractivity contribution in [3.05, 3.63) is 28.2 Å². The van der Waals surface area contributed by atoms with Gasteiger partial charge in [0.05, 0.1) is 10.0 Å². The minimum absolute atomic E-state index is 0.206. The quantitative estimate of drug-likeness (QED) is 0.807. The van der Waals surface area contributed by atoms with E-state index in [0.29, 0.717) is 28.7 Å². The summed E-state index contributed by atoms with van der Waals surface area (Å²) in [6.45, 7) is 0.549. The van der Waals surface area contributed by atoms with Crippen LogP contribution in [-0.4, -0.2) is 29.3 Å². The zero-order valence-electron chi connectivity index (χ0n) is 10.4. The smallest absolute Gasteiger partial charge is 0.255 e. The van der Waals surface area contributed by atoms with Crippen LogP contribution >= 0.6 is 15.9 Å². The van der Waals surface area contributed by atoms with Gasteiger partial charge in [-0.3, -0.25) is 9.59 Å². The van der Waals surface area contributed by atoms with Gasteiger partial charge in [0, 0.05) is 12.2 Å². The molecule has 6 heteroatoms. The Morgan fingerprint density at radius 3 is 2.74 bits per heavy atom. The summed E-state index contributed by atoms with van der Waals surface area (Å²) in [4.78, 5) is 25.5. The maximum Gasteiger partial charge on any atom is 0.255 e. The van der Waals surface area contributed by atoms with Crippen molar-refractivity contribution in [2.24, 2.45) is 5.73 Å².